The molecular weight excluding hydrogens is 361 g/mol. The molecule has 2 aromatic rings. The Morgan fingerprint density at radius 2 is 1.84 bits per heavy atom. The molecule has 6 heteroatoms. The van der Waals surface area contributed by atoms with Crippen LogP contribution in [0.25, 0.3) is 0 Å². The number of benzene rings is 2. The Labute approximate surface area is 157 Å². The first-order valence-electron chi connectivity index (χ1n) is 7.94. The first-order valence-corrected chi connectivity index (χ1v) is 8.70. The van der Waals surface area contributed by atoms with Crippen molar-refractivity contribution in [3.8, 4) is 0 Å². The molecule has 0 radical (unpaired) electrons. The molecule has 0 fully saturated rings. The van der Waals surface area contributed by atoms with Crippen molar-refractivity contribution in [3.05, 3.63) is 69.2 Å². The number of nitrogens with one attached hydrogen (secondary N) is 1. The zero-order valence-corrected chi connectivity index (χ0v) is 15.6. The largest absolute Gasteiger partial charge is 0.465 e. The number of aliphatic hydroxyl groups excluding tert-OH is 1. The number of ether oxygens (including phenoxy) is 1. The highest BCUT2D eigenvalue weighted by Gasteiger charge is 2.12. The molecule has 4 nitrogen and oxygen atoms in total. The maximum atomic E-state index is 11.4. The summed E-state index contributed by atoms with van der Waals surface area (Å²) in [5, 5.41) is 14.4. The van der Waals surface area contributed by atoms with E-state index in [2.05, 4.69) is 10.1 Å². The smallest absolute Gasteiger partial charge is 0.337 e. The number of halogens is 2. The fourth-order valence-corrected chi connectivity index (χ4v) is 2.78. The minimum absolute atomic E-state index is 0.154. The fourth-order valence-electron chi connectivity index (χ4n) is 2.47. The molecular formula is C19H21Cl2NO3. The van der Waals surface area contributed by atoms with Gasteiger partial charge in [-0.15, -0.1) is 0 Å². The Morgan fingerprint density at radius 3 is 2.44 bits per heavy atom. The third kappa shape index (κ3) is 5.72. The molecule has 0 bridgehead atoms. The Bertz CT molecular complexity index is 719. The average Bonchev–Trinajstić information content (AvgIpc) is 2.62. The summed E-state index contributed by atoms with van der Waals surface area (Å²) in [5.41, 5.74) is 2.34. The third-order valence-electron chi connectivity index (χ3n) is 3.91. The maximum absolute atomic E-state index is 11.4. The highest BCUT2D eigenvalue weighted by molar-refractivity contribution is 6.42. The fraction of sp³-hybridized carbons (Fsp3) is 0.316. The number of aliphatic hydroxyl groups is 1. The van der Waals surface area contributed by atoms with E-state index in [1.807, 2.05) is 19.1 Å². The van der Waals surface area contributed by atoms with E-state index >= 15 is 0 Å². The van der Waals surface area contributed by atoms with E-state index in [1.54, 1.807) is 30.3 Å². The lowest BCUT2D eigenvalue weighted by Gasteiger charge is -2.18. The zero-order chi connectivity index (χ0) is 18.4. The summed E-state index contributed by atoms with van der Waals surface area (Å²) >= 11 is 11.9. The van der Waals surface area contributed by atoms with E-state index in [-0.39, 0.29) is 12.0 Å². The van der Waals surface area contributed by atoms with Gasteiger partial charge in [-0.25, -0.2) is 4.79 Å². The molecule has 0 aliphatic carbocycles. The van der Waals surface area contributed by atoms with Gasteiger partial charge in [0, 0.05) is 12.6 Å². The summed E-state index contributed by atoms with van der Waals surface area (Å²) in [6, 6.07) is 12.6. The van der Waals surface area contributed by atoms with Gasteiger partial charge in [-0.1, -0.05) is 41.4 Å². The molecule has 25 heavy (non-hydrogen) atoms. The molecule has 0 spiro atoms. The van der Waals surface area contributed by atoms with Crippen LogP contribution in [0.4, 0.5) is 0 Å². The quantitative estimate of drug-likeness (QED) is 0.710. The number of hydrogen-bond acceptors (Lipinski definition) is 4. The van der Waals surface area contributed by atoms with E-state index in [1.165, 1.54) is 7.11 Å². The van der Waals surface area contributed by atoms with Gasteiger partial charge in [0.25, 0.3) is 0 Å². The van der Waals surface area contributed by atoms with Gasteiger partial charge in [-0.3, -0.25) is 0 Å². The molecule has 2 rings (SSSR count). The predicted octanol–water partition coefficient (Wildman–Crippen LogP) is 4.03. The summed E-state index contributed by atoms with van der Waals surface area (Å²) in [6.07, 6.45) is 0.106. The molecule has 0 saturated heterocycles. The second kappa shape index (κ2) is 9.20. The van der Waals surface area contributed by atoms with Crippen molar-refractivity contribution in [2.45, 2.75) is 25.5 Å². The number of methoxy groups -OCH3 is 1. The number of rotatable bonds is 7. The van der Waals surface area contributed by atoms with Gasteiger partial charge >= 0.3 is 5.97 Å². The van der Waals surface area contributed by atoms with Gasteiger partial charge in [0.2, 0.25) is 0 Å². The van der Waals surface area contributed by atoms with Crippen molar-refractivity contribution in [1.82, 2.24) is 5.32 Å². The lowest BCUT2D eigenvalue weighted by atomic mass is 10.0. The van der Waals surface area contributed by atoms with Gasteiger partial charge < -0.3 is 15.2 Å². The van der Waals surface area contributed by atoms with Crippen LogP contribution in [0.2, 0.25) is 10.0 Å². The zero-order valence-electron chi connectivity index (χ0n) is 14.1. The van der Waals surface area contributed by atoms with Gasteiger partial charge in [-0.05, 0) is 48.7 Å². The number of carbonyl (C=O) groups excluding carboxylic acids is 1. The lowest BCUT2D eigenvalue weighted by Crippen LogP contribution is -2.32. The minimum atomic E-state index is -0.668. The number of carbonyl (C=O) groups is 1. The van der Waals surface area contributed by atoms with Gasteiger partial charge in [0.1, 0.15) is 0 Å². The Hall–Kier alpha value is -1.59. The van der Waals surface area contributed by atoms with E-state index in [0.717, 1.165) is 17.5 Å². The summed E-state index contributed by atoms with van der Waals surface area (Å²) in [5.74, 6) is -0.345. The van der Waals surface area contributed by atoms with Crippen LogP contribution in [0.3, 0.4) is 0 Å². The molecule has 0 heterocycles. The van der Waals surface area contributed by atoms with Crippen molar-refractivity contribution >= 4 is 29.2 Å². The lowest BCUT2D eigenvalue weighted by molar-refractivity contribution is 0.0600. The highest BCUT2D eigenvalue weighted by Crippen LogP contribution is 2.25. The molecule has 0 saturated carbocycles. The van der Waals surface area contributed by atoms with Crippen molar-refractivity contribution in [2.75, 3.05) is 13.7 Å². The minimum Gasteiger partial charge on any atom is -0.465 e. The predicted molar refractivity (Wildman–Crippen MR) is 100 cm³/mol. The monoisotopic (exact) mass is 381 g/mol. The molecule has 0 aromatic heterocycles. The van der Waals surface area contributed by atoms with Crippen LogP contribution in [-0.2, 0) is 11.2 Å². The van der Waals surface area contributed by atoms with E-state index in [9.17, 15) is 9.90 Å². The average molecular weight is 382 g/mol. The second-order valence-corrected chi connectivity index (χ2v) is 6.71. The molecule has 2 atom stereocenters. The van der Waals surface area contributed by atoms with E-state index in [0.29, 0.717) is 22.2 Å². The van der Waals surface area contributed by atoms with Crippen LogP contribution in [0.1, 0.15) is 34.5 Å². The standard InChI is InChI=1S/C19H21Cl2NO3/c1-12(9-13-3-5-14(6-4-13)19(24)25-2)22-11-18(23)15-7-8-16(20)17(21)10-15/h3-8,10,12,18,22-23H,9,11H2,1-2H3. The molecule has 2 N–H and O–H groups in total. The van der Waals surface area contributed by atoms with Crippen LogP contribution in [-0.4, -0.2) is 30.8 Å². The molecule has 2 unspecified atom stereocenters. The molecule has 2 aromatic carbocycles. The molecule has 0 aliphatic heterocycles. The normalized spacial score (nSPS) is 13.3. The number of esters is 1. The van der Waals surface area contributed by atoms with Crippen molar-refractivity contribution in [1.29, 1.82) is 0 Å². The third-order valence-corrected chi connectivity index (χ3v) is 4.64. The molecule has 134 valence electrons. The van der Waals surface area contributed by atoms with E-state index in [4.69, 9.17) is 23.2 Å². The SMILES string of the molecule is COC(=O)c1ccc(CC(C)NCC(O)c2ccc(Cl)c(Cl)c2)cc1. The Balaban J connectivity index is 1.86. The Morgan fingerprint density at radius 1 is 1.16 bits per heavy atom. The van der Waals surface area contributed by atoms with E-state index < -0.39 is 6.10 Å². The van der Waals surface area contributed by atoms with Crippen LogP contribution in [0, 0.1) is 0 Å². The summed E-state index contributed by atoms with van der Waals surface area (Å²) in [7, 11) is 1.36. The van der Waals surface area contributed by atoms with Crippen LogP contribution in [0.5, 0.6) is 0 Å². The van der Waals surface area contributed by atoms with Gasteiger partial charge in [-0.2, -0.15) is 0 Å². The number of hydrogen-bond donors (Lipinski definition) is 2. The Kier molecular flexibility index (Phi) is 7.26. The first kappa shape index (κ1) is 19.7. The van der Waals surface area contributed by atoms with Crippen LogP contribution < -0.4 is 5.32 Å². The van der Waals surface area contributed by atoms with Crippen LogP contribution in [0.15, 0.2) is 42.5 Å². The maximum Gasteiger partial charge on any atom is 0.337 e. The van der Waals surface area contributed by atoms with Gasteiger partial charge in [0.05, 0.1) is 28.8 Å². The van der Waals surface area contributed by atoms with Crippen molar-refractivity contribution in [2.24, 2.45) is 0 Å². The molecule has 0 aliphatic rings. The van der Waals surface area contributed by atoms with Crippen molar-refractivity contribution < 1.29 is 14.6 Å². The first-order chi connectivity index (χ1) is 11.9. The summed E-state index contributed by atoms with van der Waals surface area (Å²) in [4.78, 5) is 11.4. The van der Waals surface area contributed by atoms with Crippen molar-refractivity contribution in [3.63, 3.8) is 0 Å². The topological polar surface area (TPSA) is 58.6 Å². The summed E-state index contributed by atoms with van der Waals surface area (Å²) in [6.45, 7) is 2.44. The summed E-state index contributed by atoms with van der Waals surface area (Å²) < 4.78 is 4.68. The van der Waals surface area contributed by atoms with Gasteiger partial charge in [0.15, 0.2) is 0 Å². The molecule has 0 amide bonds. The second-order valence-electron chi connectivity index (χ2n) is 5.89. The highest BCUT2D eigenvalue weighted by atomic mass is 35.5. The van der Waals surface area contributed by atoms with Crippen LogP contribution >= 0.6 is 23.2 Å².